The van der Waals surface area contributed by atoms with Gasteiger partial charge in [-0.3, -0.25) is 19.9 Å². The first-order chi connectivity index (χ1) is 12.8. The highest BCUT2D eigenvalue weighted by atomic mass is 27.1. The maximum atomic E-state index is 4.46. The molecule has 0 atom stereocenters. The maximum Gasteiger partial charge on any atom is 0.256 e. The zero-order valence-corrected chi connectivity index (χ0v) is 15.9. The molecule has 0 N–H and O–H groups in total. The molecule has 0 amide bonds. The minimum Gasteiger partial charge on any atom is -0.397 e. The summed E-state index contributed by atoms with van der Waals surface area (Å²) in [6.07, 6.45) is 5.52. The summed E-state index contributed by atoms with van der Waals surface area (Å²) in [7, 11) is 0. The van der Waals surface area contributed by atoms with Crippen LogP contribution in [0, 0.1) is 0 Å². The Morgan fingerprint density at radius 2 is 1.08 bits per heavy atom. The Morgan fingerprint density at radius 1 is 0.615 bits per heavy atom. The van der Waals surface area contributed by atoms with Crippen molar-refractivity contribution in [3.8, 4) is 0 Å². The molecule has 0 saturated carbocycles. The highest BCUT2D eigenvalue weighted by molar-refractivity contribution is 6.04. The Morgan fingerprint density at radius 3 is 1.50 bits per heavy atom. The summed E-state index contributed by atoms with van der Waals surface area (Å²) in [5.74, 6) is 0. The summed E-state index contributed by atoms with van der Waals surface area (Å²) >= 11 is 2.81. The average Bonchev–Trinajstić information content (AvgIpc) is 2.68. The van der Waals surface area contributed by atoms with Gasteiger partial charge in [-0.05, 0) is 42.9 Å². The fraction of sp³-hybridized carbons (Fsp3) is 0.250. The van der Waals surface area contributed by atoms with Gasteiger partial charge in [0.25, 0.3) is 16.5 Å². The van der Waals surface area contributed by atoms with Crippen LogP contribution in [-0.2, 0) is 19.6 Å². The Labute approximate surface area is 163 Å². The van der Waals surface area contributed by atoms with Crippen LogP contribution in [0.25, 0.3) is 0 Å². The number of hydrogen-bond acceptors (Lipinski definition) is 5. The molecule has 0 aliphatic carbocycles. The van der Waals surface area contributed by atoms with Crippen LogP contribution in [-0.4, -0.2) is 53.3 Å². The molecule has 3 heterocycles. The van der Waals surface area contributed by atoms with E-state index in [1.807, 2.05) is 55.0 Å². The second-order valence-electron chi connectivity index (χ2n) is 6.14. The van der Waals surface area contributed by atoms with Crippen molar-refractivity contribution in [2.75, 3.05) is 13.1 Å². The molecule has 0 aliphatic rings. The summed E-state index contributed by atoms with van der Waals surface area (Å²) in [4.78, 5) is 15.7. The molecule has 0 unspecified atom stereocenters. The van der Waals surface area contributed by atoms with Gasteiger partial charge in [0.15, 0.2) is 0 Å². The van der Waals surface area contributed by atoms with Gasteiger partial charge in [-0.25, -0.2) is 0 Å². The van der Waals surface area contributed by atoms with E-state index in [9.17, 15) is 0 Å². The van der Waals surface area contributed by atoms with Gasteiger partial charge in [-0.15, -0.1) is 0 Å². The van der Waals surface area contributed by atoms with Gasteiger partial charge in [-0.2, -0.15) is 0 Å². The first-order valence-corrected chi connectivity index (χ1v) is 9.23. The van der Waals surface area contributed by atoms with Gasteiger partial charge in [-0.1, -0.05) is 18.2 Å². The summed E-state index contributed by atoms with van der Waals surface area (Å²) in [5, 5.41) is 0. The van der Waals surface area contributed by atoms with E-state index in [1.165, 1.54) is 0 Å². The Kier molecular flexibility index (Phi) is 7.29. The molecule has 0 aromatic carbocycles. The van der Waals surface area contributed by atoms with Crippen LogP contribution in [0.4, 0.5) is 0 Å². The average molecular weight is 359 g/mol. The molecule has 5 nitrogen and oxygen atoms in total. The lowest BCUT2D eigenvalue weighted by atomic mass is 10.3. The molecule has 6 heteroatoms. The van der Waals surface area contributed by atoms with Crippen molar-refractivity contribution in [1.82, 2.24) is 23.7 Å². The molecule has 130 valence electrons. The predicted molar refractivity (Wildman–Crippen MR) is 103 cm³/mol. The van der Waals surface area contributed by atoms with Crippen LogP contribution in [0.15, 0.2) is 73.2 Å². The quantitative estimate of drug-likeness (QED) is 0.549. The van der Waals surface area contributed by atoms with E-state index >= 15 is 0 Å². The minimum atomic E-state index is 0.805. The fourth-order valence-corrected chi connectivity index (χ4v) is 3.01. The van der Waals surface area contributed by atoms with E-state index in [-0.39, 0.29) is 0 Å². The van der Waals surface area contributed by atoms with Crippen molar-refractivity contribution in [1.29, 1.82) is 0 Å². The number of rotatable bonds is 9. The molecule has 0 bridgehead atoms. The lowest BCUT2D eigenvalue weighted by Crippen LogP contribution is -2.33. The van der Waals surface area contributed by atoms with E-state index < -0.39 is 0 Å². The van der Waals surface area contributed by atoms with Crippen molar-refractivity contribution in [2.45, 2.75) is 19.6 Å². The van der Waals surface area contributed by atoms with Gasteiger partial charge in [0.05, 0.1) is 17.1 Å². The topological polar surface area (TPSA) is 45.2 Å². The maximum absolute atomic E-state index is 4.46. The molecule has 0 fully saturated rings. The zero-order chi connectivity index (χ0) is 18.0. The molecule has 3 aromatic heterocycles. The highest BCUT2D eigenvalue weighted by Gasteiger charge is 2.10. The van der Waals surface area contributed by atoms with E-state index in [0.29, 0.717) is 0 Å². The second kappa shape index (κ2) is 10.1. The third-order valence-electron chi connectivity index (χ3n) is 4.02. The SMILES string of the molecule is [Al][N](CCN(Cc1ccccn1)Cc1ccccn1)Cc1ccccn1. The number of pyridine rings is 3. The summed E-state index contributed by atoms with van der Waals surface area (Å²) < 4.78 is 2.21. The Bertz CT molecular complexity index is 713. The summed E-state index contributed by atoms with van der Waals surface area (Å²) in [5.41, 5.74) is 3.22. The molecule has 0 aliphatic heterocycles. The van der Waals surface area contributed by atoms with Crippen LogP contribution in [0.1, 0.15) is 17.1 Å². The first-order valence-electron chi connectivity index (χ1n) is 8.71. The van der Waals surface area contributed by atoms with Crippen LogP contribution >= 0.6 is 0 Å². The third kappa shape index (κ3) is 6.32. The molecular weight excluding hydrogens is 337 g/mol. The number of aromatic nitrogens is 3. The number of hydrogen-bond donors (Lipinski definition) is 0. The van der Waals surface area contributed by atoms with Crippen LogP contribution < -0.4 is 0 Å². The van der Waals surface area contributed by atoms with Crippen molar-refractivity contribution in [3.05, 3.63) is 90.3 Å². The zero-order valence-electron chi connectivity index (χ0n) is 14.8. The van der Waals surface area contributed by atoms with Crippen LogP contribution in [0.2, 0.25) is 0 Å². The minimum absolute atomic E-state index is 0.805. The normalized spacial score (nSPS) is 11.2. The Balaban J connectivity index is 1.59. The smallest absolute Gasteiger partial charge is 0.256 e. The van der Waals surface area contributed by atoms with Crippen molar-refractivity contribution < 1.29 is 0 Å². The Hall–Kier alpha value is -2.10. The number of nitrogens with zero attached hydrogens (tertiary/aromatic N) is 5. The summed E-state index contributed by atoms with van der Waals surface area (Å²) in [6.45, 7) is 4.26. The first kappa shape index (κ1) is 18.7. The molecule has 3 aromatic rings. The predicted octanol–water partition coefficient (Wildman–Crippen LogP) is 2.46. The van der Waals surface area contributed by atoms with Gasteiger partial charge in [0, 0.05) is 44.8 Å². The molecule has 3 rings (SSSR count). The third-order valence-corrected chi connectivity index (χ3v) is 4.46. The van der Waals surface area contributed by atoms with E-state index in [2.05, 4.69) is 58.4 Å². The molecule has 26 heavy (non-hydrogen) atoms. The molecular formula is C20H22AlN5. The largest absolute Gasteiger partial charge is 0.397 e. The molecule has 0 spiro atoms. The highest BCUT2D eigenvalue weighted by Crippen LogP contribution is 2.07. The fourth-order valence-electron chi connectivity index (χ4n) is 2.70. The van der Waals surface area contributed by atoms with Gasteiger partial charge in [0.1, 0.15) is 0 Å². The molecule has 0 saturated heterocycles. The van der Waals surface area contributed by atoms with Gasteiger partial charge in [0.2, 0.25) is 0 Å². The van der Waals surface area contributed by atoms with Crippen molar-refractivity contribution in [2.24, 2.45) is 0 Å². The van der Waals surface area contributed by atoms with E-state index in [1.54, 1.807) is 0 Å². The van der Waals surface area contributed by atoms with Crippen LogP contribution in [0.3, 0.4) is 0 Å². The van der Waals surface area contributed by atoms with E-state index in [0.717, 1.165) is 49.8 Å². The van der Waals surface area contributed by atoms with E-state index in [4.69, 9.17) is 0 Å². The van der Waals surface area contributed by atoms with Crippen molar-refractivity contribution >= 4 is 16.5 Å². The van der Waals surface area contributed by atoms with Crippen molar-refractivity contribution in [3.63, 3.8) is 0 Å². The monoisotopic (exact) mass is 359 g/mol. The van der Waals surface area contributed by atoms with Gasteiger partial charge >= 0.3 is 0 Å². The standard InChI is InChI=1S/C20H22N5.Al/c1-4-10-22-18(7-1)15-21-13-14-25(16-19-8-2-5-11-23-19)17-20-9-3-6-12-24-20;/h1-12H,13-17H2;/q-1;+1. The molecule has 2 radical (unpaired) electrons. The van der Waals surface area contributed by atoms with Crippen LogP contribution in [0.5, 0.6) is 0 Å². The lowest BCUT2D eigenvalue weighted by Gasteiger charge is -2.26. The summed E-state index contributed by atoms with van der Waals surface area (Å²) in [6, 6.07) is 18.1. The van der Waals surface area contributed by atoms with Gasteiger partial charge < -0.3 is 3.88 Å². The second-order valence-corrected chi connectivity index (χ2v) is 6.87. The lowest BCUT2D eigenvalue weighted by molar-refractivity contribution is 0.229.